The molecule has 1 rings (SSSR count). The van der Waals surface area contributed by atoms with Gasteiger partial charge in [0.25, 0.3) is 0 Å². The third-order valence-corrected chi connectivity index (χ3v) is 2.84. The molecule has 1 N–H and O–H groups in total. The van der Waals surface area contributed by atoms with Crippen LogP contribution in [0, 0.1) is 13.8 Å². The van der Waals surface area contributed by atoms with Gasteiger partial charge >= 0.3 is 0 Å². The zero-order valence-corrected chi connectivity index (χ0v) is 12.5. The number of aryl methyl sites for hydroxylation is 1. The summed E-state index contributed by atoms with van der Waals surface area (Å²) in [7, 11) is 1.71. The van der Waals surface area contributed by atoms with Gasteiger partial charge < -0.3 is 14.8 Å². The first kappa shape index (κ1) is 17.2. The number of benzene rings is 1. The molecule has 0 spiro atoms. The van der Waals surface area contributed by atoms with E-state index in [-0.39, 0.29) is 12.4 Å². The van der Waals surface area contributed by atoms with E-state index in [0.29, 0.717) is 12.6 Å². The molecule has 1 aromatic carbocycles. The third kappa shape index (κ3) is 5.71. The molecule has 0 aromatic heterocycles. The molecular weight excluding hydrogens is 250 g/mol. The molecule has 0 aliphatic rings. The van der Waals surface area contributed by atoms with Crippen LogP contribution in [0.1, 0.15) is 18.1 Å². The van der Waals surface area contributed by atoms with Gasteiger partial charge in [-0.1, -0.05) is 12.1 Å². The van der Waals surface area contributed by atoms with Crippen molar-refractivity contribution in [3.8, 4) is 5.75 Å². The SMILES string of the molecule is COCCN[C@@H](C)COc1cccc(C)c1C.Cl. The van der Waals surface area contributed by atoms with E-state index < -0.39 is 0 Å². The Kier molecular flexibility index (Phi) is 8.81. The van der Waals surface area contributed by atoms with Crippen molar-refractivity contribution in [2.24, 2.45) is 0 Å². The quantitative estimate of drug-likeness (QED) is 0.775. The Balaban J connectivity index is 0.00000289. The normalized spacial score (nSPS) is 11.8. The molecule has 0 bridgehead atoms. The second-order valence-electron chi connectivity index (χ2n) is 4.36. The number of hydrogen-bond acceptors (Lipinski definition) is 3. The van der Waals surface area contributed by atoms with Gasteiger partial charge in [-0.3, -0.25) is 0 Å². The summed E-state index contributed by atoms with van der Waals surface area (Å²) < 4.78 is 10.8. The molecule has 4 heteroatoms. The fourth-order valence-corrected chi connectivity index (χ4v) is 1.56. The molecule has 0 saturated carbocycles. The van der Waals surface area contributed by atoms with Crippen molar-refractivity contribution in [1.82, 2.24) is 5.32 Å². The maximum absolute atomic E-state index is 5.81. The topological polar surface area (TPSA) is 30.5 Å². The average molecular weight is 274 g/mol. The zero-order chi connectivity index (χ0) is 12.7. The van der Waals surface area contributed by atoms with E-state index in [1.807, 2.05) is 12.1 Å². The maximum Gasteiger partial charge on any atom is 0.122 e. The number of halogens is 1. The first-order valence-corrected chi connectivity index (χ1v) is 6.06. The van der Waals surface area contributed by atoms with E-state index >= 15 is 0 Å². The average Bonchev–Trinajstić information content (AvgIpc) is 2.31. The van der Waals surface area contributed by atoms with Crippen molar-refractivity contribution in [1.29, 1.82) is 0 Å². The number of hydrogen-bond donors (Lipinski definition) is 1. The van der Waals surface area contributed by atoms with Crippen molar-refractivity contribution < 1.29 is 9.47 Å². The molecule has 0 aliphatic carbocycles. The molecular formula is C14H24ClNO2. The molecule has 1 aromatic rings. The van der Waals surface area contributed by atoms with Gasteiger partial charge in [-0.25, -0.2) is 0 Å². The van der Waals surface area contributed by atoms with Gasteiger partial charge in [0.05, 0.1) is 6.61 Å². The second-order valence-corrected chi connectivity index (χ2v) is 4.36. The Morgan fingerprint density at radius 3 is 2.67 bits per heavy atom. The molecule has 104 valence electrons. The minimum absolute atomic E-state index is 0. The smallest absolute Gasteiger partial charge is 0.122 e. The molecule has 0 amide bonds. The zero-order valence-electron chi connectivity index (χ0n) is 11.7. The Morgan fingerprint density at radius 2 is 2.00 bits per heavy atom. The highest BCUT2D eigenvalue weighted by Gasteiger charge is 2.05. The van der Waals surface area contributed by atoms with Gasteiger partial charge in [0.1, 0.15) is 12.4 Å². The lowest BCUT2D eigenvalue weighted by atomic mass is 10.1. The predicted molar refractivity (Wildman–Crippen MR) is 78.0 cm³/mol. The number of rotatable bonds is 7. The van der Waals surface area contributed by atoms with Crippen molar-refractivity contribution in [2.75, 3.05) is 26.9 Å². The van der Waals surface area contributed by atoms with Crippen LogP contribution >= 0.6 is 12.4 Å². The Labute approximate surface area is 116 Å². The molecule has 0 aliphatic heterocycles. The molecule has 3 nitrogen and oxygen atoms in total. The van der Waals surface area contributed by atoms with Crippen molar-refractivity contribution in [3.63, 3.8) is 0 Å². The van der Waals surface area contributed by atoms with E-state index in [2.05, 4.69) is 32.2 Å². The van der Waals surface area contributed by atoms with Crippen LogP contribution in [0.25, 0.3) is 0 Å². The summed E-state index contributed by atoms with van der Waals surface area (Å²) >= 11 is 0. The Morgan fingerprint density at radius 1 is 1.28 bits per heavy atom. The van der Waals surface area contributed by atoms with Crippen LogP contribution in [-0.4, -0.2) is 32.9 Å². The summed E-state index contributed by atoms with van der Waals surface area (Å²) in [6, 6.07) is 6.47. The lowest BCUT2D eigenvalue weighted by molar-refractivity contribution is 0.189. The van der Waals surface area contributed by atoms with E-state index in [4.69, 9.17) is 9.47 Å². The highest BCUT2D eigenvalue weighted by molar-refractivity contribution is 5.85. The van der Waals surface area contributed by atoms with Gasteiger partial charge in [0.2, 0.25) is 0 Å². The van der Waals surface area contributed by atoms with E-state index in [1.54, 1.807) is 7.11 Å². The van der Waals surface area contributed by atoms with Crippen LogP contribution in [0.5, 0.6) is 5.75 Å². The molecule has 0 heterocycles. The monoisotopic (exact) mass is 273 g/mol. The first-order chi connectivity index (χ1) is 8.15. The molecule has 0 saturated heterocycles. The van der Waals surface area contributed by atoms with Crippen LogP contribution < -0.4 is 10.1 Å². The van der Waals surface area contributed by atoms with Crippen LogP contribution in [0.15, 0.2) is 18.2 Å². The van der Waals surface area contributed by atoms with E-state index in [9.17, 15) is 0 Å². The summed E-state index contributed by atoms with van der Waals surface area (Å²) in [6.45, 7) is 8.56. The molecule has 18 heavy (non-hydrogen) atoms. The van der Waals surface area contributed by atoms with Crippen LogP contribution in [0.2, 0.25) is 0 Å². The van der Waals surface area contributed by atoms with Crippen LogP contribution in [-0.2, 0) is 4.74 Å². The van der Waals surface area contributed by atoms with Crippen LogP contribution in [0.4, 0.5) is 0 Å². The minimum Gasteiger partial charge on any atom is -0.492 e. The van der Waals surface area contributed by atoms with Crippen molar-refractivity contribution in [3.05, 3.63) is 29.3 Å². The lowest BCUT2D eigenvalue weighted by Crippen LogP contribution is -2.34. The van der Waals surface area contributed by atoms with Gasteiger partial charge in [0.15, 0.2) is 0 Å². The van der Waals surface area contributed by atoms with Gasteiger partial charge in [-0.15, -0.1) is 12.4 Å². The molecule has 0 fully saturated rings. The summed E-state index contributed by atoms with van der Waals surface area (Å²) in [6.07, 6.45) is 0. The predicted octanol–water partition coefficient (Wildman–Crippen LogP) is 2.73. The van der Waals surface area contributed by atoms with Gasteiger partial charge in [-0.05, 0) is 38.0 Å². The highest BCUT2D eigenvalue weighted by Crippen LogP contribution is 2.20. The number of methoxy groups -OCH3 is 1. The first-order valence-electron chi connectivity index (χ1n) is 6.06. The maximum atomic E-state index is 5.81. The van der Waals surface area contributed by atoms with Gasteiger partial charge in [0, 0.05) is 19.7 Å². The number of nitrogens with one attached hydrogen (secondary N) is 1. The Hall–Kier alpha value is -0.770. The standard InChI is InChI=1S/C14H23NO2.ClH/c1-11-6-5-7-14(13(11)3)17-10-12(2)15-8-9-16-4;/h5-7,12,15H,8-10H2,1-4H3;1H/t12-;/m0./s1. The van der Waals surface area contributed by atoms with Crippen molar-refractivity contribution in [2.45, 2.75) is 26.8 Å². The summed E-state index contributed by atoms with van der Waals surface area (Å²) in [4.78, 5) is 0. The van der Waals surface area contributed by atoms with Crippen molar-refractivity contribution >= 4 is 12.4 Å². The summed E-state index contributed by atoms with van der Waals surface area (Å²) in [5.41, 5.74) is 2.49. The fourth-order valence-electron chi connectivity index (χ4n) is 1.56. The number of ether oxygens (including phenoxy) is 2. The largest absolute Gasteiger partial charge is 0.492 e. The third-order valence-electron chi connectivity index (χ3n) is 2.84. The molecule has 0 radical (unpaired) electrons. The van der Waals surface area contributed by atoms with E-state index in [1.165, 1.54) is 11.1 Å². The summed E-state index contributed by atoms with van der Waals surface area (Å²) in [5, 5.41) is 3.34. The summed E-state index contributed by atoms with van der Waals surface area (Å²) in [5.74, 6) is 0.977. The fraction of sp³-hybridized carbons (Fsp3) is 0.571. The lowest BCUT2D eigenvalue weighted by Gasteiger charge is -2.16. The van der Waals surface area contributed by atoms with Gasteiger partial charge in [-0.2, -0.15) is 0 Å². The van der Waals surface area contributed by atoms with E-state index in [0.717, 1.165) is 18.9 Å². The Bertz CT molecular complexity index is 345. The minimum atomic E-state index is 0. The second kappa shape index (κ2) is 9.20. The molecule has 1 atom stereocenters. The van der Waals surface area contributed by atoms with Crippen LogP contribution in [0.3, 0.4) is 0 Å². The molecule has 0 unspecified atom stereocenters. The highest BCUT2D eigenvalue weighted by atomic mass is 35.5.